The smallest absolute Gasteiger partial charge is 0.254 e. The highest BCUT2D eigenvalue weighted by molar-refractivity contribution is 6.34. The summed E-state index contributed by atoms with van der Waals surface area (Å²) in [5, 5.41) is 6.51. The molecule has 8 nitrogen and oxygen atoms in total. The van der Waals surface area contributed by atoms with Crippen molar-refractivity contribution in [2.24, 2.45) is 0 Å². The summed E-state index contributed by atoms with van der Waals surface area (Å²) in [6, 6.07) is 7.89. The lowest BCUT2D eigenvalue weighted by Gasteiger charge is -2.34. The number of nitrogens with zero attached hydrogens (tertiary/aromatic N) is 1. The summed E-state index contributed by atoms with van der Waals surface area (Å²) >= 11 is 6.64. The molecular weight excluding hydrogens is 549 g/mol. The van der Waals surface area contributed by atoms with Crippen molar-refractivity contribution in [1.29, 1.82) is 0 Å². The molecule has 1 aliphatic carbocycles. The van der Waals surface area contributed by atoms with Crippen molar-refractivity contribution in [3.05, 3.63) is 52.3 Å². The van der Waals surface area contributed by atoms with Crippen LogP contribution in [0.25, 0.3) is 11.1 Å². The molecule has 5 rings (SSSR count). The van der Waals surface area contributed by atoms with Crippen molar-refractivity contribution in [1.82, 2.24) is 15.5 Å². The Hall–Kier alpha value is -2.72. The number of hydrogen-bond donors (Lipinski definition) is 2. The number of nitrogens with one attached hydrogen (secondary N) is 2. The molecule has 0 spiro atoms. The second kappa shape index (κ2) is 14.0. The third kappa shape index (κ3) is 7.38. The minimum absolute atomic E-state index is 0.00310. The summed E-state index contributed by atoms with van der Waals surface area (Å²) in [6.45, 7) is 3.69. The van der Waals surface area contributed by atoms with Crippen LogP contribution in [-0.2, 0) is 9.47 Å². The van der Waals surface area contributed by atoms with Gasteiger partial charge in [0.1, 0.15) is 11.6 Å². The molecule has 2 amide bonds. The number of carbonyl (C=O) groups excluding carboxylic acids is 2. The van der Waals surface area contributed by atoms with Crippen LogP contribution in [0, 0.1) is 5.82 Å². The second-order valence-corrected chi connectivity index (χ2v) is 11.4. The van der Waals surface area contributed by atoms with Gasteiger partial charge < -0.3 is 29.7 Å². The maximum Gasteiger partial charge on any atom is 0.254 e. The molecule has 2 aliphatic heterocycles. The average molecular weight is 588 g/mol. The van der Waals surface area contributed by atoms with Gasteiger partial charge in [0.05, 0.1) is 17.2 Å². The van der Waals surface area contributed by atoms with Crippen molar-refractivity contribution >= 4 is 23.4 Å². The van der Waals surface area contributed by atoms with E-state index in [1.807, 2.05) is 4.90 Å². The molecular formula is C31H39ClFN3O5. The van der Waals surface area contributed by atoms with E-state index >= 15 is 4.39 Å². The SMILES string of the molecule is COCCCOc1cc(C(=O)N[C@@H]2CCCNC2)c(Cl)cc1-c1cc(C(=O)N(C2CCOCC2)C2CC2)ccc1F. The van der Waals surface area contributed by atoms with Gasteiger partial charge in [-0.05, 0) is 75.4 Å². The topological polar surface area (TPSA) is 89.1 Å². The van der Waals surface area contributed by atoms with E-state index in [0.717, 1.165) is 45.1 Å². The standard InChI is InChI=1S/C31H39ClFN3O5/c1-39-12-3-13-41-29-18-26(30(37)35-21-4-2-11-34-19-21)27(32)17-25(29)24-16-20(5-8-28(24)33)31(38)36(22-6-7-22)23-9-14-40-15-10-23/h5,8,16-18,21-23,34H,2-4,6-7,9-15,19H2,1H3,(H,35,37)/t21-/m1/s1. The van der Waals surface area contributed by atoms with E-state index in [1.54, 1.807) is 25.3 Å². The van der Waals surface area contributed by atoms with Crippen LogP contribution >= 0.6 is 11.6 Å². The maximum absolute atomic E-state index is 15.4. The summed E-state index contributed by atoms with van der Waals surface area (Å²) < 4.78 is 32.1. The first-order valence-corrected chi connectivity index (χ1v) is 15.0. The number of piperidine rings is 1. The number of ether oxygens (including phenoxy) is 3. The Morgan fingerprint density at radius 3 is 2.56 bits per heavy atom. The predicted octanol–water partition coefficient (Wildman–Crippen LogP) is 4.83. The van der Waals surface area contributed by atoms with Crippen LogP contribution in [0.1, 0.15) is 65.7 Å². The summed E-state index contributed by atoms with van der Waals surface area (Å²) in [5.74, 6) is -0.595. The number of methoxy groups -OCH3 is 1. The van der Waals surface area contributed by atoms with Gasteiger partial charge in [0, 0.05) is 74.7 Å². The second-order valence-electron chi connectivity index (χ2n) is 11.0. The largest absolute Gasteiger partial charge is 0.493 e. The normalized spacial score (nSPS) is 19.5. The fourth-order valence-corrected chi connectivity index (χ4v) is 5.89. The Bertz CT molecular complexity index is 1230. The van der Waals surface area contributed by atoms with Crippen LogP contribution in [0.5, 0.6) is 5.75 Å². The van der Waals surface area contributed by atoms with Crippen LogP contribution in [0.4, 0.5) is 4.39 Å². The minimum Gasteiger partial charge on any atom is -0.493 e. The Kier molecular flexibility index (Phi) is 10.1. The minimum atomic E-state index is -0.506. The van der Waals surface area contributed by atoms with E-state index in [4.69, 9.17) is 25.8 Å². The Morgan fingerprint density at radius 1 is 1.07 bits per heavy atom. The molecule has 41 heavy (non-hydrogen) atoms. The molecule has 3 aliphatic rings. The van der Waals surface area contributed by atoms with Gasteiger partial charge in [-0.1, -0.05) is 11.6 Å². The van der Waals surface area contributed by atoms with E-state index in [-0.39, 0.29) is 46.1 Å². The molecule has 2 aromatic carbocycles. The van der Waals surface area contributed by atoms with E-state index < -0.39 is 5.82 Å². The molecule has 3 fully saturated rings. The first-order valence-electron chi connectivity index (χ1n) is 14.6. The zero-order chi connectivity index (χ0) is 28.8. The van der Waals surface area contributed by atoms with Gasteiger partial charge in [-0.3, -0.25) is 9.59 Å². The lowest BCUT2D eigenvalue weighted by Crippen LogP contribution is -2.45. The summed E-state index contributed by atoms with van der Waals surface area (Å²) in [6.07, 6.45) is 6.02. The number of rotatable bonds is 11. The number of halogens is 2. The molecule has 2 aromatic rings. The highest BCUT2D eigenvalue weighted by Crippen LogP contribution is 2.38. The number of amides is 2. The predicted molar refractivity (Wildman–Crippen MR) is 155 cm³/mol. The first-order chi connectivity index (χ1) is 20.0. The van der Waals surface area contributed by atoms with Gasteiger partial charge in [0.2, 0.25) is 0 Å². The van der Waals surface area contributed by atoms with Crippen LogP contribution in [0.3, 0.4) is 0 Å². The van der Waals surface area contributed by atoms with Crippen molar-refractivity contribution in [2.75, 3.05) is 46.6 Å². The zero-order valence-electron chi connectivity index (χ0n) is 23.6. The summed E-state index contributed by atoms with van der Waals surface area (Å²) in [5.41, 5.74) is 1.26. The number of hydrogen-bond acceptors (Lipinski definition) is 6. The molecule has 2 heterocycles. The van der Waals surface area contributed by atoms with E-state index in [0.29, 0.717) is 56.3 Å². The van der Waals surface area contributed by atoms with Gasteiger partial charge in [0.25, 0.3) is 11.8 Å². The Labute approximate surface area is 245 Å². The van der Waals surface area contributed by atoms with Crippen LogP contribution < -0.4 is 15.4 Å². The summed E-state index contributed by atoms with van der Waals surface area (Å²) in [7, 11) is 1.61. The molecule has 10 heteroatoms. The number of benzene rings is 2. The van der Waals surface area contributed by atoms with Crippen molar-refractivity contribution in [3.8, 4) is 16.9 Å². The highest BCUT2D eigenvalue weighted by Gasteiger charge is 2.38. The van der Waals surface area contributed by atoms with Gasteiger partial charge in [-0.25, -0.2) is 4.39 Å². The number of carbonyl (C=O) groups is 2. The third-order valence-electron chi connectivity index (χ3n) is 7.96. The molecule has 1 atom stereocenters. The monoisotopic (exact) mass is 587 g/mol. The molecule has 0 bridgehead atoms. The molecule has 0 unspecified atom stereocenters. The van der Waals surface area contributed by atoms with Crippen molar-refractivity contribution in [3.63, 3.8) is 0 Å². The Morgan fingerprint density at radius 2 is 1.85 bits per heavy atom. The van der Waals surface area contributed by atoms with Crippen LogP contribution in [-0.4, -0.2) is 81.5 Å². The lowest BCUT2D eigenvalue weighted by atomic mass is 9.98. The van der Waals surface area contributed by atoms with Gasteiger partial charge in [-0.15, -0.1) is 0 Å². The average Bonchev–Trinajstić information content (AvgIpc) is 3.82. The molecule has 2 saturated heterocycles. The maximum atomic E-state index is 15.4. The van der Waals surface area contributed by atoms with E-state index in [2.05, 4.69) is 10.6 Å². The Balaban J connectivity index is 1.46. The third-order valence-corrected chi connectivity index (χ3v) is 8.27. The zero-order valence-corrected chi connectivity index (χ0v) is 24.3. The van der Waals surface area contributed by atoms with Crippen LogP contribution in [0.15, 0.2) is 30.3 Å². The van der Waals surface area contributed by atoms with Crippen molar-refractivity contribution < 1.29 is 28.2 Å². The molecule has 222 valence electrons. The van der Waals surface area contributed by atoms with Crippen LogP contribution in [0.2, 0.25) is 5.02 Å². The highest BCUT2D eigenvalue weighted by atomic mass is 35.5. The molecule has 0 aromatic heterocycles. The first kappa shape index (κ1) is 29.8. The van der Waals surface area contributed by atoms with Crippen molar-refractivity contribution in [2.45, 2.75) is 63.1 Å². The molecule has 1 saturated carbocycles. The lowest BCUT2D eigenvalue weighted by molar-refractivity contribution is 0.0267. The summed E-state index contributed by atoms with van der Waals surface area (Å²) in [4.78, 5) is 28.9. The van der Waals surface area contributed by atoms with Gasteiger partial charge in [-0.2, -0.15) is 0 Å². The fraction of sp³-hybridized carbons (Fsp3) is 0.548. The van der Waals surface area contributed by atoms with E-state index in [9.17, 15) is 9.59 Å². The fourth-order valence-electron chi connectivity index (χ4n) is 5.64. The van der Waals surface area contributed by atoms with Gasteiger partial charge in [0.15, 0.2) is 0 Å². The van der Waals surface area contributed by atoms with E-state index in [1.165, 1.54) is 12.1 Å². The van der Waals surface area contributed by atoms with Gasteiger partial charge >= 0.3 is 0 Å². The molecule has 0 radical (unpaired) electrons. The molecule has 2 N–H and O–H groups in total. The quantitative estimate of drug-likeness (QED) is 0.366.